The van der Waals surface area contributed by atoms with Crippen LogP contribution in [0.4, 0.5) is 0 Å². The van der Waals surface area contributed by atoms with Gasteiger partial charge in [0.05, 0.1) is 33.7 Å². The van der Waals surface area contributed by atoms with E-state index in [0.29, 0.717) is 23.9 Å². The molecule has 0 aliphatic carbocycles. The second-order valence-electron chi connectivity index (χ2n) is 15.8. The molecule has 0 aliphatic heterocycles. The zero-order chi connectivity index (χ0) is 38.1. The molecule has 0 amide bonds. The van der Waals surface area contributed by atoms with Gasteiger partial charge in [-0.05, 0) is 19.3 Å². The van der Waals surface area contributed by atoms with Crippen molar-refractivity contribution in [2.75, 3.05) is 47.5 Å². The van der Waals surface area contributed by atoms with Gasteiger partial charge in [0, 0.05) is 6.42 Å². The molecule has 10 heteroatoms. The van der Waals surface area contributed by atoms with Crippen molar-refractivity contribution < 1.29 is 42.1 Å². The number of phosphoric ester groups is 1. The fourth-order valence-corrected chi connectivity index (χ4v) is 6.91. The normalized spacial score (nSPS) is 14.3. The molecule has 0 saturated heterocycles. The highest BCUT2D eigenvalue weighted by Crippen LogP contribution is 2.43. The van der Waals surface area contributed by atoms with E-state index in [2.05, 4.69) is 13.8 Å². The SMILES string of the molecule is CCCCCCCCCCCCCCCCCC(=O)OCC(COP(=O)(O)OCC[N+](C)(C)C)OC(=O)C(CCC)CCCCCCCCCC. The Hall–Kier alpha value is -0.990. The molecule has 51 heavy (non-hydrogen) atoms. The van der Waals surface area contributed by atoms with Gasteiger partial charge in [-0.15, -0.1) is 0 Å². The van der Waals surface area contributed by atoms with E-state index in [9.17, 15) is 19.0 Å². The highest BCUT2D eigenvalue weighted by atomic mass is 31.2. The molecule has 0 heterocycles. The fourth-order valence-electron chi connectivity index (χ4n) is 6.17. The first-order valence-electron chi connectivity index (χ1n) is 21.2. The molecule has 9 nitrogen and oxygen atoms in total. The van der Waals surface area contributed by atoms with Crippen molar-refractivity contribution in [3.8, 4) is 0 Å². The average molecular weight is 749 g/mol. The van der Waals surface area contributed by atoms with Gasteiger partial charge >= 0.3 is 19.8 Å². The van der Waals surface area contributed by atoms with E-state index in [0.717, 1.165) is 44.9 Å². The first-order chi connectivity index (χ1) is 24.4. The van der Waals surface area contributed by atoms with Crippen molar-refractivity contribution in [1.29, 1.82) is 0 Å². The van der Waals surface area contributed by atoms with Crippen molar-refractivity contribution >= 4 is 19.8 Å². The van der Waals surface area contributed by atoms with Gasteiger partial charge in [0.1, 0.15) is 19.8 Å². The molecule has 0 bridgehead atoms. The average Bonchev–Trinajstić information content (AvgIpc) is 3.07. The van der Waals surface area contributed by atoms with Gasteiger partial charge in [0.25, 0.3) is 0 Å². The number of quaternary nitrogens is 1. The molecule has 0 aliphatic rings. The van der Waals surface area contributed by atoms with E-state index >= 15 is 0 Å². The Balaban J connectivity index is 4.67. The van der Waals surface area contributed by atoms with E-state index in [-0.39, 0.29) is 31.1 Å². The molecular formula is C41H83NO8P+. The third kappa shape index (κ3) is 34.5. The number of ether oxygens (including phenoxy) is 2. The van der Waals surface area contributed by atoms with E-state index in [1.54, 1.807) is 0 Å². The van der Waals surface area contributed by atoms with Crippen LogP contribution in [-0.4, -0.2) is 74.9 Å². The summed E-state index contributed by atoms with van der Waals surface area (Å²) in [7, 11) is 1.48. The van der Waals surface area contributed by atoms with E-state index in [1.165, 1.54) is 116 Å². The predicted octanol–water partition coefficient (Wildman–Crippen LogP) is 11.5. The van der Waals surface area contributed by atoms with Gasteiger partial charge in [-0.3, -0.25) is 18.6 Å². The summed E-state index contributed by atoms with van der Waals surface area (Å²) >= 11 is 0. The summed E-state index contributed by atoms with van der Waals surface area (Å²) in [6, 6.07) is 0. The maximum atomic E-state index is 13.3. The summed E-state index contributed by atoms with van der Waals surface area (Å²) < 4.78 is 34.8. The minimum absolute atomic E-state index is 0.0349. The lowest BCUT2D eigenvalue weighted by molar-refractivity contribution is -0.870. The third-order valence-electron chi connectivity index (χ3n) is 9.51. The Bertz CT molecular complexity index is 865. The number of carbonyl (C=O) groups is 2. The Morgan fingerprint density at radius 1 is 0.588 bits per heavy atom. The van der Waals surface area contributed by atoms with Crippen LogP contribution in [0.2, 0.25) is 0 Å². The Morgan fingerprint density at radius 2 is 1.04 bits per heavy atom. The van der Waals surface area contributed by atoms with Gasteiger partial charge in [-0.25, -0.2) is 4.57 Å². The summed E-state index contributed by atoms with van der Waals surface area (Å²) in [5, 5.41) is 0. The maximum absolute atomic E-state index is 13.3. The van der Waals surface area contributed by atoms with Gasteiger partial charge in [-0.1, -0.05) is 168 Å². The summed E-state index contributed by atoms with van der Waals surface area (Å²) in [6.45, 7) is 6.46. The quantitative estimate of drug-likeness (QED) is 0.0288. The maximum Gasteiger partial charge on any atom is 0.472 e. The van der Waals surface area contributed by atoms with E-state index < -0.39 is 20.5 Å². The highest BCUT2D eigenvalue weighted by molar-refractivity contribution is 7.47. The van der Waals surface area contributed by atoms with E-state index in [1.807, 2.05) is 28.1 Å². The van der Waals surface area contributed by atoms with Crippen molar-refractivity contribution in [3.05, 3.63) is 0 Å². The Labute approximate surface area is 314 Å². The summed E-state index contributed by atoms with van der Waals surface area (Å²) in [4.78, 5) is 36.1. The summed E-state index contributed by atoms with van der Waals surface area (Å²) in [5.74, 6) is -0.998. The van der Waals surface area contributed by atoms with Gasteiger partial charge in [0.2, 0.25) is 0 Å². The first kappa shape index (κ1) is 50.0. The predicted molar refractivity (Wildman–Crippen MR) is 211 cm³/mol. The van der Waals surface area contributed by atoms with Crippen LogP contribution in [0.25, 0.3) is 0 Å². The fraction of sp³-hybridized carbons (Fsp3) is 0.951. The number of likely N-dealkylation sites (N-methyl/N-ethyl adjacent to an activating group) is 1. The van der Waals surface area contributed by atoms with Crippen molar-refractivity contribution in [2.45, 2.75) is 200 Å². The number of unbranched alkanes of at least 4 members (excludes halogenated alkanes) is 21. The molecule has 3 atom stereocenters. The van der Waals surface area contributed by atoms with Crippen LogP contribution >= 0.6 is 7.82 Å². The van der Waals surface area contributed by atoms with Crippen LogP contribution in [-0.2, 0) is 32.7 Å². The molecule has 0 radical (unpaired) electrons. The third-order valence-corrected chi connectivity index (χ3v) is 10.5. The van der Waals surface area contributed by atoms with Crippen LogP contribution in [0.3, 0.4) is 0 Å². The van der Waals surface area contributed by atoms with Gasteiger partial charge in [0.15, 0.2) is 6.10 Å². The van der Waals surface area contributed by atoms with Gasteiger partial charge < -0.3 is 18.9 Å². The van der Waals surface area contributed by atoms with Crippen LogP contribution in [0, 0.1) is 5.92 Å². The number of hydrogen-bond donors (Lipinski definition) is 1. The number of rotatable bonds is 38. The summed E-state index contributed by atoms with van der Waals surface area (Å²) in [6.07, 6.45) is 29.9. The lowest BCUT2D eigenvalue weighted by atomic mass is 9.96. The molecule has 3 unspecified atom stereocenters. The number of nitrogens with zero attached hydrogens (tertiary/aromatic N) is 1. The molecule has 0 aromatic heterocycles. The van der Waals surface area contributed by atoms with Crippen LogP contribution < -0.4 is 0 Å². The minimum Gasteiger partial charge on any atom is -0.462 e. The zero-order valence-corrected chi connectivity index (χ0v) is 35.2. The van der Waals surface area contributed by atoms with Crippen LogP contribution in [0.15, 0.2) is 0 Å². The molecular weight excluding hydrogens is 665 g/mol. The molecule has 0 fully saturated rings. The van der Waals surface area contributed by atoms with Crippen molar-refractivity contribution in [1.82, 2.24) is 0 Å². The lowest BCUT2D eigenvalue weighted by Crippen LogP contribution is -2.37. The van der Waals surface area contributed by atoms with Gasteiger partial charge in [-0.2, -0.15) is 0 Å². The molecule has 0 aromatic rings. The number of carbonyl (C=O) groups excluding carboxylic acids is 2. The largest absolute Gasteiger partial charge is 0.472 e. The van der Waals surface area contributed by atoms with E-state index in [4.69, 9.17) is 18.5 Å². The zero-order valence-electron chi connectivity index (χ0n) is 34.3. The molecule has 0 saturated carbocycles. The molecule has 304 valence electrons. The number of esters is 2. The van der Waals surface area contributed by atoms with Crippen molar-refractivity contribution in [2.24, 2.45) is 5.92 Å². The Kier molecular flexibility index (Phi) is 32.9. The lowest BCUT2D eigenvalue weighted by Gasteiger charge is -2.25. The van der Waals surface area contributed by atoms with Crippen LogP contribution in [0.5, 0.6) is 0 Å². The standard InChI is InChI=1S/C41H82NO8P/c1-7-10-12-14-16-18-19-20-21-22-23-24-26-28-30-33-40(43)47-36-39(37-49-51(45,46)48-35-34-42(4,5)6)50-41(44)38(31-9-3)32-29-27-25-17-15-13-11-8-2/h38-39H,7-37H2,1-6H3/p+1. The monoisotopic (exact) mass is 749 g/mol. The van der Waals surface area contributed by atoms with Crippen LogP contribution in [0.1, 0.15) is 194 Å². The molecule has 0 spiro atoms. The minimum atomic E-state index is -4.38. The highest BCUT2D eigenvalue weighted by Gasteiger charge is 2.29. The summed E-state index contributed by atoms with van der Waals surface area (Å²) in [5.41, 5.74) is 0. The molecule has 1 N–H and O–H groups in total. The second kappa shape index (κ2) is 33.6. The number of phosphoric acid groups is 1. The smallest absolute Gasteiger partial charge is 0.462 e. The number of hydrogen-bond acceptors (Lipinski definition) is 7. The molecule has 0 rings (SSSR count). The van der Waals surface area contributed by atoms with Crippen molar-refractivity contribution in [3.63, 3.8) is 0 Å². The molecule has 0 aromatic carbocycles. The topological polar surface area (TPSA) is 108 Å². The first-order valence-corrected chi connectivity index (χ1v) is 22.7. The Morgan fingerprint density at radius 3 is 1.49 bits per heavy atom. The second-order valence-corrected chi connectivity index (χ2v) is 17.3.